The summed E-state index contributed by atoms with van der Waals surface area (Å²) in [5.74, 6) is 0.345. The highest BCUT2D eigenvalue weighted by Crippen LogP contribution is 2.23. The molecule has 0 aromatic heterocycles. The van der Waals surface area contributed by atoms with Gasteiger partial charge in [-0.3, -0.25) is 4.79 Å². The highest BCUT2D eigenvalue weighted by Gasteiger charge is 2.29. The van der Waals surface area contributed by atoms with Gasteiger partial charge in [-0.1, -0.05) is 23.7 Å². The Balaban J connectivity index is 2.08. The van der Waals surface area contributed by atoms with Crippen LogP contribution >= 0.6 is 11.6 Å². The second-order valence-electron chi connectivity index (χ2n) is 4.54. The van der Waals surface area contributed by atoms with Crippen LogP contribution in [0.2, 0.25) is 5.02 Å². The van der Waals surface area contributed by atoms with Gasteiger partial charge in [0.05, 0.1) is 12.0 Å². The highest BCUT2D eigenvalue weighted by molar-refractivity contribution is 6.30. The first-order valence-corrected chi connectivity index (χ1v) is 6.20. The summed E-state index contributed by atoms with van der Waals surface area (Å²) >= 11 is 5.96. The number of halogens is 1. The molecular weight excluding hydrogens is 236 g/mol. The first-order chi connectivity index (χ1) is 8.09. The summed E-state index contributed by atoms with van der Waals surface area (Å²) in [5.41, 5.74) is 1.07. The van der Waals surface area contributed by atoms with Crippen molar-refractivity contribution in [2.75, 3.05) is 20.1 Å². The fourth-order valence-electron chi connectivity index (χ4n) is 1.93. The summed E-state index contributed by atoms with van der Waals surface area (Å²) in [6.45, 7) is 3.62. The lowest BCUT2D eigenvalue weighted by molar-refractivity contribution is -0.137. The molecule has 1 aromatic carbocycles. The summed E-state index contributed by atoms with van der Waals surface area (Å²) in [7, 11) is 1.85. The quantitative estimate of drug-likeness (QED) is 0.893. The van der Waals surface area contributed by atoms with E-state index in [0.29, 0.717) is 5.02 Å². The number of hydrogen-bond acceptors (Lipinski definition) is 2. The summed E-state index contributed by atoms with van der Waals surface area (Å²) in [4.78, 5) is 13.9. The van der Waals surface area contributed by atoms with Crippen LogP contribution in [0.15, 0.2) is 24.3 Å². The summed E-state index contributed by atoms with van der Waals surface area (Å²) in [6.07, 6.45) is 0. The van der Waals surface area contributed by atoms with Crippen molar-refractivity contribution in [3.05, 3.63) is 34.9 Å². The van der Waals surface area contributed by atoms with E-state index in [1.165, 1.54) is 0 Å². The van der Waals surface area contributed by atoms with Gasteiger partial charge in [0.15, 0.2) is 0 Å². The van der Waals surface area contributed by atoms with Gasteiger partial charge in [-0.15, -0.1) is 0 Å². The van der Waals surface area contributed by atoms with Crippen LogP contribution in [-0.2, 0) is 4.79 Å². The lowest BCUT2D eigenvalue weighted by Gasteiger charge is -2.33. The molecule has 0 bridgehead atoms. The van der Waals surface area contributed by atoms with E-state index in [1.807, 2.05) is 38.2 Å². The monoisotopic (exact) mass is 252 g/mol. The van der Waals surface area contributed by atoms with Crippen molar-refractivity contribution in [1.82, 2.24) is 10.2 Å². The Morgan fingerprint density at radius 3 is 2.76 bits per heavy atom. The van der Waals surface area contributed by atoms with Gasteiger partial charge in [-0.2, -0.15) is 0 Å². The summed E-state index contributed by atoms with van der Waals surface area (Å²) < 4.78 is 0. The molecule has 92 valence electrons. The number of rotatable bonds is 3. The van der Waals surface area contributed by atoms with E-state index in [2.05, 4.69) is 5.32 Å². The topological polar surface area (TPSA) is 32.3 Å². The summed E-state index contributed by atoms with van der Waals surface area (Å²) in [6, 6.07) is 7.73. The van der Waals surface area contributed by atoms with E-state index >= 15 is 0 Å². The van der Waals surface area contributed by atoms with Crippen molar-refractivity contribution in [1.29, 1.82) is 0 Å². The first-order valence-electron chi connectivity index (χ1n) is 5.82. The lowest BCUT2D eigenvalue weighted by Crippen LogP contribution is -2.51. The fraction of sp³-hybridized carbons (Fsp3) is 0.462. The van der Waals surface area contributed by atoms with Crippen LogP contribution in [0, 0.1) is 5.92 Å². The van der Waals surface area contributed by atoms with Gasteiger partial charge in [-0.25, -0.2) is 0 Å². The molecule has 3 nitrogen and oxygen atoms in total. The minimum absolute atomic E-state index is 0.0572. The molecule has 1 N–H and O–H groups in total. The van der Waals surface area contributed by atoms with E-state index in [0.717, 1.165) is 18.7 Å². The second-order valence-corrected chi connectivity index (χ2v) is 4.97. The van der Waals surface area contributed by atoms with E-state index in [9.17, 15) is 4.79 Å². The zero-order valence-corrected chi connectivity index (χ0v) is 10.9. The maximum atomic E-state index is 12.1. The van der Waals surface area contributed by atoms with E-state index in [4.69, 9.17) is 11.6 Å². The van der Waals surface area contributed by atoms with Crippen molar-refractivity contribution < 1.29 is 4.79 Å². The molecule has 2 rings (SSSR count). The molecule has 17 heavy (non-hydrogen) atoms. The Morgan fingerprint density at radius 2 is 2.24 bits per heavy atom. The Kier molecular flexibility index (Phi) is 3.69. The fourth-order valence-corrected chi connectivity index (χ4v) is 2.13. The number of amides is 1. The van der Waals surface area contributed by atoms with E-state index < -0.39 is 0 Å². The van der Waals surface area contributed by atoms with Gasteiger partial charge >= 0.3 is 0 Å². The van der Waals surface area contributed by atoms with Crippen molar-refractivity contribution in [2.24, 2.45) is 5.92 Å². The van der Waals surface area contributed by atoms with Crippen molar-refractivity contribution in [3.8, 4) is 0 Å². The Labute approximate surface area is 107 Å². The van der Waals surface area contributed by atoms with Gasteiger partial charge in [0.1, 0.15) is 0 Å². The molecule has 0 radical (unpaired) electrons. The van der Waals surface area contributed by atoms with Crippen LogP contribution in [0.4, 0.5) is 0 Å². The van der Waals surface area contributed by atoms with Gasteiger partial charge in [0.2, 0.25) is 5.91 Å². The highest BCUT2D eigenvalue weighted by atomic mass is 35.5. The molecule has 0 aliphatic carbocycles. The maximum Gasteiger partial charge on any atom is 0.228 e. The van der Waals surface area contributed by atoms with Crippen molar-refractivity contribution in [3.63, 3.8) is 0 Å². The zero-order chi connectivity index (χ0) is 12.4. The molecule has 4 heteroatoms. The molecule has 1 saturated heterocycles. The standard InChI is InChI=1S/C13H17ClN2O/c1-9(10-4-3-5-12(14)6-10)16(2)13(17)11-7-15-8-11/h3-6,9,11,15H,7-8H2,1-2H3. The molecule has 1 heterocycles. The Hall–Kier alpha value is -1.06. The molecule has 1 aromatic rings. The molecule has 1 aliphatic rings. The SMILES string of the molecule is CC(c1cccc(Cl)c1)N(C)C(=O)C1CNC1. The number of carbonyl (C=O) groups is 1. The minimum Gasteiger partial charge on any atom is -0.339 e. The molecule has 0 saturated carbocycles. The van der Waals surface area contributed by atoms with Gasteiger partial charge in [0, 0.05) is 25.2 Å². The summed E-state index contributed by atoms with van der Waals surface area (Å²) in [5, 5.41) is 3.83. The Morgan fingerprint density at radius 1 is 1.53 bits per heavy atom. The van der Waals surface area contributed by atoms with Crippen LogP contribution in [0.25, 0.3) is 0 Å². The van der Waals surface area contributed by atoms with Gasteiger partial charge in [0.25, 0.3) is 0 Å². The third-order valence-corrected chi connectivity index (χ3v) is 3.63. The number of nitrogens with zero attached hydrogens (tertiary/aromatic N) is 1. The number of carbonyl (C=O) groups excluding carboxylic acids is 1. The van der Waals surface area contributed by atoms with E-state index in [1.54, 1.807) is 4.90 Å². The van der Waals surface area contributed by atoms with Gasteiger partial charge in [-0.05, 0) is 24.6 Å². The third-order valence-electron chi connectivity index (χ3n) is 3.39. The molecule has 1 fully saturated rings. The average Bonchev–Trinajstić information content (AvgIpc) is 2.24. The number of hydrogen-bond donors (Lipinski definition) is 1. The molecule has 1 aliphatic heterocycles. The van der Waals surface area contributed by atoms with Crippen molar-refractivity contribution >= 4 is 17.5 Å². The first kappa shape index (κ1) is 12.4. The van der Waals surface area contributed by atoms with Crippen molar-refractivity contribution in [2.45, 2.75) is 13.0 Å². The van der Waals surface area contributed by atoms with Gasteiger partial charge < -0.3 is 10.2 Å². The van der Waals surface area contributed by atoms with Crippen LogP contribution in [0.3, 0.4) is 0 Å². The molecule has 1 atom stereocenters. The smallest absolute Gasteiger partial charge is 0.228 e. The second kappa shape index (κ2) is 5.07. The van der Waals surface area contributed by atoms with Crippen LogP contribution < -0.4 is 5.32 Å². The van der Waals surface area contributed by atoms with Crippen LogP contribution in [0.1, 0.15) is 18.5 Å². The predicted octanol–water partition coefficient (Wildman–Crippen LogP) is 2.08. The lowest BCUT2D eigenvalue weighted by atomic mass is 9.99. The van der Waals surface area contributed by atoms with Crippen LogP contribution in [0.5, 0.6) is 0 Å². The van der Waals surface area contributed by atoms with E-state index in [-0.39, 0.29) is 17.9 Å². The predicted molar refractivity (Wildman–Crippen MR) is 69.0 cm³/mol. The average molecular weight is 253 g/mol. The van der Waals surface area contributed by atoms with Crippen LogP contribution in [-0.4, -0.2) is 30.9 Å². The number of benzene rings is 1. The normalized spacial score (nSPS) is 17.4. The maximum absolute atomic E-state index is 12.1. The molecule has 0 spiro atoms. The molecular formula is C13H17ClN2O. The largest absolute Gasteiger partial charge is 0.339 e. The third kappa shape index (κ3) is 2.61. The Bertz CT molecular complexity index is 418. The zero-order valence-electron chi connectivity index (χ0n) is 10.1. The molecule has 1 unspecified atom stereocenters. The minimum atomic E-state index is 0.0572. The number of nitrogens with one attached hydrogen (secondary N) is 1. The molecule has 1 amide bonds.